The third-order valence-electron chi connectivity index (χ3n) is 1.78. The van der Waals surface area contributed by atoms with Crippen LogP contribution in [0.5, 0.6) is 0 Å². The number of aromatic nitrogens is 3. The Morgan fingerprint density at radius 1 is 1.21 bits per heavy atom. The summed E-state index contributed by atoms with van der Waals surface area (Å²) in [6, 6.07) is 3.62. The Balaban J connectivity index is 2.42. The third-order valence-corrected chi connectivity index (χ3v) is 1.78. The van der Waals surface area contributed by atoms with Crippen molar-refractivity contribution in [2.75, 3.05) is 5.43 Å². The lowest BCUT2D eigenvalue weighted by Gasteiger charge is -2.02. The van der Waals surface area contributed by atoms with Gasteiger partial charge in [0.25, 0.3) is 0 Å². The summed E-state index contributed by atoms with van der Waals surface area (Å²) in [5, 5.41) is 0. The predicted molar refractivity (Wildman–Crippen MR) is 53.1 cm³/mol. The third kappa shape index (κ3) is 1.67. The van der Waals surface area contributed by atoms with Crippen LogP contribution in [0.1, 0.15) is 0 Å². The lowest BCUT2D eigenvalue weighted by atomic mass is 10.2. The van der Waals surface area contributed by atoms with Crippen molar-refractivity contribution in [3.63, 3.8) is 0 Å². The van der Waals surface area contributed by atoms with E-state index in [1.807, 2.05) is 6.07 Å². The number of hydrogen-bond acceptors (Lipinski definition) is 5. The van der Waals surface area contributed by atoms with Crippen LogP contribution >= 0.6 is 0 Å². The van der Waals surface area contributed by atoms with Crippen LogP contribution in [-0.4, -0.2) is 15.0 Å². The van der Waals surface area contributed by atoms with Crippen LogP contribution in [0.25, 0.3) is 11.3 Å². The summed E-state index contributed by atoms with van der Waals surface area (Å²) in [4.78, 5) is 12.0. The highest BCUT2D eigenvalue weighted by Gasteiger charge is 1.99. The summed E-state index contributed by atoms with van der Waals surface area (Å²) in [6.45, 7) is 0. The summed E-state index contributed by atoms with van der Waals surface area (Å²) in [6.07, 6.45) is 6.57. The van der Waals surface area contributed by atoms with Crippen molar-refractivity contribution in [3.8, 4) is 11.3 Å². The molecule has 0 atom stereocenters. The molecule has 70 valence electrons. The number of nitrogens with two attached hydrogens (primary N) is 1. The molecule has 0 aliphatic carbocycles. The van der Waals surface area contributed by atoms with Gasteiger partial charge in [0.15, 0.2) is 0 Å². The normalized spacial score (nSPS) is 9.79. The van der Waals surface area contributed by atoms with Gasteiger partial charge in [-0.2, -0.15) is 0 Å². The van der Waals surface area contributed by atoms with E-state index in [9.17, 15) is 0 Å². The number of nitrogens with zero attached hydrogens (tertiary/aromatic N) is 3. The Kier molecular flexibility index (Phi) is 2.33. The zero-order valence-electron chi connectivity index (χ0n) is 7.38. The minimum atomic E-state index is 0.793. The summed E-state index contributed by atoms with van der Waals surface area (Å²) >= 11 is 0. The number of anilines is 1. The molecule has 5 nitrogen and oxygen atoms in total. The Bertz CT molecular complexity index is 415. The van der Waals surface area contributed by atoms with Gasteiger partial charge in [0.05, 0.1) is 11.4 Å². The molecule has 0 unspecified atom stereocenters. The largest absolute Gasteiger partial charge is 0.324 e. The number of rotatable bonds is 2. The fourth-order valence-corrected chi connectivity index (χ4v) is 1.11. The average Bonchev–Trinajstić information content (AvgIpc) is 2.30. The smallest absolute Gasteiger partial charge is 0.115 e. The molecule has 2 heterocycles. The van der Waals surface area contributed by atoms with Crippen LogP contribution < -0.4 is 11.3 Å². The molecule has 0 aromatic carbocycles. The van der Waals surface area contributed by atoms with Crippen LogP contribution in [0.4, 0.5) is 5.69 Å². The second-order valence-electron chi connectivity index (χ2n) is 2.70. The fourth-order valence-electron chi connectivity index (χ4n) is 1.11. The number of nitrogen functional groups attached to an aromatic ring is 1. The molecule has 0 aliphatic rings. The molecule has 0 spiro atoms. The number of hydrogen-bond donors (Lipinski definition) is 2. The minimum Gasteiger partial charge on any atom is -0.324 e. The van der Waals surface area contributed by atoms with Gasteiger partial charge in [-0.05, 0) is 12.1 Å². The molecule has 0 aliphatic heterocycles. The lowest BCUT2D eigenvalue weighted by Crippen LogP contribution is -2.06. The van der Waals surface area contributed by atoms with E-state index >= 15 is 0 Å². The monoisotopic (exact) mass is 187 g/mol. The summed E-state index contributed by atoms with van der Waals surface area (Å²) in [5.74, 6) is 5.29. The van der Waals surface area contributed by atoms with E-state index in [0.717, 1.165) is 16.9 Å². The first-order valence-corrected chi connectivity index (χ1v) is 4.08. The van der Waals surface area contributed by atoms with E-state index in [2.05, 4.69) is 20.4 Å². The van der Waals surface area contributed by atoms with E-state index in [0.29, 0.717) is 0 Å². The van der Waals surface area contributed by atoms with Crippen LogP contribution in [-0.2, 0) is 0 Å². The first-order valence-electron chi connectivity index (χ1n) is 4.08. The van der Waals surface area contributed by atoms with Crippen molar-refractivity contribution >= 4 is 5.69 Å². The van der Waals surface area contributed by atoms with Crippen molar-refractivity contribution in [2.24, 2.45) is 5.84 Å². The summed E-state index contributed by atoms with van der Waals surface area (Å²) < 4.78 is 0. The molecule has 3 N–H and O–H groups in total. The van der Waals surface area contributed by atoms with Crippen molar-refractivity contribution in [1.82, 2.24) is 15.0 Å². The van der Waals surface area contributed by atoms with Crippen molar-refractivity contribution in [3.05, 3.63) is 37.1 Å². The first-order chi connectivity index (χ1) is 6.90. The lowest BCUT2D eigenvalue weighted by molar-refractivity contribution is 1.16. The standard InChI is InChI=1S/C9H9N5/c10-14-8-1-2-13-9(3-8)7-4-11-6-12-5-7/h1-6H,10H2,(H,13,14). The van der Waals surface area contributed by atoms with Crippen LogP contribution in [0.2, 0.25) is 0 Å². The van der Waals surface area contributed by atoms with Crippen molar-refractivity contribution in [1.29, 1.82) is 0 Å². The van der Waals surface area contributed by atoms with Gasteiger partial charge < -0.3 is 5.43 Å². The quantitative estimate of drug-likeness (QED) is 0.537. The van der Waals surface area contributed by atoms with Gasteiger partial charge >= 0.3 is 0 Å². The van der Waals surface area contributed by atoms with Gasteiger partial charge in [-0.1, -0.05) is 0 Å². The molecule has 2 aromatic heterocycles. The Morgan fingerprint density at radius 2 is 2.00 bits per heavy atom. The molecular weight excluding hydrogens is 178 g/mol. The van der Waals surface area contributed by atoms with Crippen molar-refractivity contribution < 1.29 is 0 Å². The van der Waals surface area contributed by atoms with Gasteiger partial charge in [0.1, 0.15) is 6.33 Å². The first kappa shape index (κ1) is 8.58. The zero-order valence-corrected chi connectivity index (χ0v) is 7.38. The molecule has 5 heteroatoms. The summed E-state index contributed by atoms with van der Waals surface area (Å²) in [5.41, 5.74) is 5.02. The second kappa shape index (κ2) is 3.80. The highest BCUT2D eigenvalue weighted by Crippen LogP contribution is 2.17. The van der Waals surface area contributed by atoms with E-state index in [4.69, 9.17) is 5.84 Å². The van der Waals surface area contributed by atoms with E-state index < -0.39 is 0 Å². The molecule has 2 aromatic rings. The highest BCUT2D eigenvalue weighted by atomic mass is 15.2. The maximum Gasteiger partial charge on any atom is 0.115 e. The van der Waals surface area contributed by atoms with Gasteiger partial charge in [0.2, 0.25) is 0 Å². The van der Waals surface area contributed by atoms with Crippen LogP contribution in [0.3, 0.4) is 0 Å². The van der Waals surface area contributed by atoms with Crippen LogP contribution in [0, 0.1) is 0 Å². The minimum absolute atomic E-state index is 0.793. The fraction of sp³-hybridized carbons (Fsp3) is 0. The van der Waals surface area contributed by atoms with Gasteiger partial charge in [0, 0.05) is 24.2 Å². The molecular formula is C9H9N5. The molecule has 0 amide bonds. The van der Waals surface area contributed by atoms with Gasteiger partial charge in [-0.3, -0.25) is 10.8 Å². The SMILES string of the molecule is NNc1ccnc(-c2cncnc2)c1. The molecule has 0 radical (unpaired) electrons. The molecule has 0 saturated heterocycles. The molecule has 0 saturated carbocycles. The van der Waals surface area contributed by atoms with E-state index in [1.54, 1.807) is 24.7 Å². The molecule has 2 rings (SSSR count). The topological polar surface area (TPSA) is 76.7 Å². The van der Waals surface area contributed by atoms with Crippen LogP contribution in [0.15, 0.2) is 37.1 Å². The summed E-state index contributed by atoms with van der Waals surface area (Å²) in [7, 11) is 0. The Morgan fingerprint density at radius 3 is 2.71 bits per heavy atom. The second-order valence-corrected chi connectivity index (χ2v) is 2.70. The van der Waals surface area contributed by atoms with Gasteiger partial charge in [-0.15, -0.1) is 0 Å². The molecule has 0 bridgehead atoms. The predicted octanol–water partition coefficient (Wildman–Crippen LogP) is 0.824. The van der Waals surface area contributed by atoms with E-state index in [-0.39, 0.29) is 0 Å². The zero-order chi connectivity index (χ0) is 9.80. The molecule has 14 heavy (non-hydrogen) atoms. The number of nitrogens with one attached hydrogen (secondary N) is 1. The Labute approximate surface area is 81.0 Å². The maximum atomic E-state index is 5.29. The van der Waals surface area contributed by atoms with Gasteiger partial charge in [-0.25, -0.2) is 9.97 Å². The number of hydrazine groups is 1. The maximum absolute atomic E-state index is 5.29. The van der Waals surface area contributed by atoms with E-state index in [1.165, 1.54) is 6.33 Å². The molecule has 0 fully saturated rings. The highest BCUT2D eigenvalue weighted by molar-refractivity contribution is 5.61. The number of pyridine rings is 1. The van der Waals surface area contributed by atoms with Crippen molar-refractivity contribution in [2.45, 2.75) is 0 Å². The Hall–Kier alpha value is -2.01. The average molecular weight is 187 g/mol.